The Morgan fingerprint density at radius 2 is 1.80 bits per heavy atom. The summed E-state index contributed by atoms with van der Waals surface area (Å²) in [5.41, 5.74) is -0.188. The highest BCUT2D eigenvalue weighted by molar-refractivity contribution is 5.26. The van der Waals surface area contributed by atoms with Gasteiger partial charge in [0.1, 0.15) is 0 Å². The van der Waals surface area contributed by atoms with Crippen molar-refractivity contribution >= 4 is 0 Å². The first-order chi connectivity index (χ1) is 16.5. The molecule has 0 aromatic carbocycles. The molecule has 3 heteroatoms. The molecule has 0 bridgehead atoms. The van der Waals surface area contributed by atoms with Crippen LogP contribution in [-0.2, 0) is 0 Å². The van der Waals surface area contributed by atoms with Crippen molar-refractivity contribution in [3.8, 4) is 0 Å². The largest absolute Gasteiger partial charge is 0.393 e. The van der Waals surface area contributed by atoms with Crippen LogP contribution in [0.3, 0.4) is 0 Å². The van der Waals surface area contributed by atoms with E-state index in [1.165, 1.54) is 12.5 Å². The van der Waals surface area contributed by atoms with Crippen LogP contribution < -0.4 is 0 Å². The van der Waals surface area contributed by atoms with Gasteiger partial charge in [-0.3, -0.25) is 0 Å². The van der Waals surface area contributed by atoms with E-state index < -0.39 is 37.4 Å². The van der Waals surface area contributed by atoms with Crippen molar-refractivity contribution in [3.05, 3.63) is 35.5 Å². The van der Waals surface area contributed by atoms with Crippen LogP contribution in [0.2, 0.25) is 0 Å². The zero-order valence-corrected chi connectivity index (χ0v) is 18.8. The van der Waals surface area contributed by atoms with Gasteiger partial charge in [0.25, 0.3) is 0 Å². The van der Waals surface area contributed by atoms with Crippen LogP contribution in [0.25, 0.3) is 0 Å². The highest BCUT2D eigenvalue weighted by Crippen LogP contribution is 2.59. The summed E-state index contributed by atoms with van der Waals surface area (Å²) in [6, 6.07) is 0. The maximum atomic E-state index is 10.8. The molecule has 3 N–H and O–H groups in total. The monoisotopic (exact) mass is 422 g/mol. The Morgan fingerprint density at radius 1 is 1.10 bits per heavy atom. The molecule has 0 saturated heterocycles. The SMILES string of the molecule is [2H]C([2H])([2H])C(O)([C@@H](C)/C=C/[C@@H](C)[C@H]1CC[C@H]2C(=CC=C3C[C@@H](O)C[C@H](O)C3)CCC[C@]12C)C([2H])([2H])[2H]. The van der Waals surface area contributed by atoms with Gasteiger partial charge >= 0.3 is 0 Å². The zero-order chi connectivity index (χ0) is 27.1. The van der Waals surface area contributed by atoms with Crippen LogP contribution in [-0.4, -0.2) is 33.1 Å². The van der Waals surface area contributed by atoms with Crippen molar-refractivity contribution in [2.75, 3.05) is 0 Å². The summed E-state index contributed by atoms with van der Waals surface area (Å²) in [6.45, 7) is -0.140. The van der Waals surface area contributed by atoms with Crippen molar-refractivity contribution in [1.82, 2.24) is 0 Å². The second-order valence-electron chi connectivity index (χ2n) is 10.4. The molecule has 0 aromatic heterocycles. The summed E-state index contributed by atoms with van der Waals surface area (Å²) in [7, 11) is 0. The molecule has 30 heavy (non-hydrogen) atoms. The first-order valence-electron chi connectivity index (χ1n) is 14.7. The molecule has 170 valence electrons. The maximum absolute atomic E-state index is 10.8. The van der Waals surface area contributed by atoms with Crippen LogP contribution in [0.4, 0.5) is 0 Å². The van der Waals surface area contributed by atoms with Crippen LogP contribution in [0.1, 0.15) is 94.1 Å². The highest BCUT2D eigenvalue weighted by Gasteiger charge is 2.50. The fraction of sp³-hybridized carbons (Fsp3) is 0.778. The van der Waals surface area contributed by atoms with E-state index in [0.29, 0.717) is 31.1 Å². The van der Waals surface area contributed by atoms with Crippen molar-refractivity contribution in [2.45, 2.75) is 104 Å². The fourth-order valence-electron chi connectivity index (χ4n) is 6.29. The molecule has 3 rings (SSSR count). The van der Waals surface area contributed by atoms with Crippen molar-refractivity contribution in [1.29, 1.82) is 0 Å². The van der Waals surface area contributed by atoms with Gasteiger partial charge in [-0.2, -0.15) is 0 Å². The Hall–Kier alpha value is -0.900. The summed E-state index contributed by atoms with van der Waals surface area (Å²) in [4.78, 5) is 0. The number of aliphatic hydroxyl groups excluding tert-OH is 2. The van der Waals surface area contributed by atoms with E-state index in [4.69, 9.17) is 8.22 Å². The van der Waals surface area contributed by atoms with E-state index in [-0.39, 0.29) is 11.3 Å². The van der Waals surface area contributed by atoms with E-state index in [1.54, 1.807) is 6.08 Å². The summed E-state index contributed by atoms with van der Waals surface area (Å²) in [5, 5.41) is 30.8. The van der Waals surface area contributed by atoms with Gasteiger partial charge in [0.2, 0.25) is 0 Å². The smallest absolute Gasteiger partial charge is 0.0651 e. The molecule has 7 atom stereocenters. The predicted octanol–water partition coefficient (Wildman–Crippen LogP) is 5.56. The Morgan fingerprint density at radius 3 is 2.47 bits per heavy atom. The molecule has 0 aliphatic heterocycles. The molecule has 0 unspecified atom stereocenters. The van der Waals surface area contributed by atoms with E-state index in [0.717, 1.165) is 37.7 Å². The third-order valence-electron chi connectivity index (χ3n) is 8.11. The molecule has 3 nitrogen and oxygen atoms in total. The molecular formula is C27H44O3. The van der Waals surface area contributed by atoms with Gasteiger partial charge in [0, 0.05) is 14.1 Å². The lowest BCUT2D eigenvalue weighted by Crippen LogP contribution is -2.35. The second-order valence-corrected chi connectivity index (χ2v) is 10.4. The van der Waals surface area contributed by atoms with Crippen molar-refractivity contribution in [3.63, 3.8) is 0 Å². The Kier molecular flexibility index (Phi) is 5.18. The van der Waals surface area contributed by atoms with Crippen LogP contribution in [0, 0.1) is 29.1 Å². The van der Waals surface area contributed by atoms with Gasteiger partial charge in [-0.15, -0.1) is 0 Å². The van der Waals surface area contributed by atoms with Crippen LogP contribution in [0.15, 0.2) is 35.5 Å². The molecule has 3 fully saturated rings. The van der Waals surface area contributed by atoms with E-state index >= 15 is 0 Å². The lowest BCUT2D eigenvalue weighted by molar-refractivity contribution is 0.0436. The molecule has 0 spiro atoms. The minimum atomic E-state index is -3.03. The summed E-state index contributed by atoms with van der Waals surface area (Å²) < 4.78 is 46.1. The first-order valence-corrected chi connectivity index (χ1v) is 11.7. The number of hydrogen-bond acceptors (Lipinski definition) is 3. The lowest BCUT2D eigenvalue weighted by atomic mass is 9.61. The fourth-order valence-corrected chi connectivity index (χ4v) is 6.29. The molecule has 3 aliphatic carbocycles. The number of hydrogen-bond donors (Lipinski definition) is 3. The minimum absolute atomic E-state index is 0.0888. The van der Waals surface area contributed by atoms with Gasteiger partial charge in [0.15, 0.2) is 0 Å². The van der Waals surface area contributed by atoms with Crippen LogP contribution >= 0.6 is 0 Å². The summed E-state index contributed by atoms with van der Waals surface area (Å²) in [6.07, 6.45) is 13.9. The minimum Gasteiger partial charge on any atom is -0.393 e. The zero-order valence-electron chi connectivity index (χ0n) is 24.8. The van der Waals surface area contributed by atoms with E-state index in [2.05, 4.69) is 26.0 Å². The van der Waals surface area contributed by atoms with E-state index in [9.17, 15) is 15.3 Å². The molecule has 3 saturated carbocycles. The number of fused-ring (bicyclic) bond motifs is 1. The van der Waals surface area contributed by atoms with Gasteiger partial charge in [-0.25, -0.2) is 0 Å². The maximum Gasteiger partial charge on any atom is 0.0651 e. The van der Waals surface area contributed by atoms with E-state index in [1.807, 2.05) is 6.08 Å². The standard InChI is InChI=1S/C27H44O3/c1-18(8-9-19(2)26(3,4)30)24-12-13-25-21(7-6-14-27(24,25)5)11-10-20-15-22(28)17-23(29)16-20/h8-11,18-19,22-25,28-30H,6-7,12-17H2,1-5H3/b9-8+,21-11?/t18-,19+,22-,23-,24-,25+,27-/m1/s1/i3D3,4D3. The Bertz CT molecular complexity index is 848. The number of allylic oxidation sites excluding steroid dienone is 4. The molecule has 0 heterocycles. The van der Waals surface area contributed by atoms with Crippen molar-refractivity contribution in [2.24, 2.45) is 29.1 Å². The molecule has 0 aromatic rings. The lowest BCUT2D eigenvalue weighted by Gasteiger charge is -2.44. The molecule has 0 radical (unpaired) electrons. The molecule has 0 amide bonds. The summed E-state index contributed by atoms with van der Waals surface area (Å²) in [5.74, 6) is -0.128. The molecule has 3 aliphatic rings. The van der Waals surface area contributed by atoms with Crippen molar-refractivity contribution < 1.29 is 23.5 Å². The molecular weight excluding hydrogens is 372 g/mol. The average Bonchev–Trinajstić information content (AvgIpc) is 3.10. The predicted molar refractivity (Wildman–Crippen MR) is 124 cm³/mol. The van der Waals surface area contributed by atoms with Crippen LogP contribution in [0.5, 0.6) is 0 Å². The topological polar surface area (TPSA) is 60.7 Å². The number of aliphatic hydroxyl groups is 3. The Labute approximate surface area is 192 Å². The van der Waals surface area contributed by atoms with Gasteiger partial charge < -0.3 is 15.3 Å². The average molecular weight is 423 g/mol. The third kappa shape index (κ3) is 5.29. The first kappa shape index (κ1) is 16.7. The Balaban J connectivity index is 1.77. The third-order valence-corrected chi connectivity index (χ3v) is 8.11. The van der Waals surface area contributed by atoms with Gasteiger partial charge in [-0.05, 0) is 88.2 Å². The highest BCUT2D eigenvalue weighted by atomic mass is 16.3. The summed E-state index contributed by atoms with van der Waals surface area (Å²) >= 11 is 0. The second kappa shape index (κ2) is 9.30. The number of rotatable bonds is 5. The van der Waals surface area contributed by atoms with Gasteiger partial charge in [-0.1, -0.05) is 56.2 Å². The normalized spacial score (nSPS) is 42.5. The quantitative estimate of drug-likeness (QED) is 0.508. The van der Waals surface area contributed by atoms with Gasteiger partial charge in [0.05, 0.1) is 17.8 Å².